The van der Waals surface area contributed by atoms with E-state index in [0.717, 1.165) is 11.1 Å². The Balaban J connectivity index is 1.73. The number of amides is 1. The molecule has 0 aliphatic heterocycles. The van der Waals surface area contributed by atoms with Crippen molar-refractivity contribution < 1.29 is 23.8 Å². The third-order valence-corrected chi connectivity index (χ3v) is 5.11. The van der Waals surface area contributed by atoms with Gasteiger partial charge >= 0.3 is 5.97 Å². The molecule has 0 unspecified atom stereocenters. The van der Waals surface area contributed by atoms with Crippen molar-refractivity contribution in [1.29, 1.82) is 0 Å². The van der Waals surface area contributed by atoms with Crippen molar-refractivity contribution in [3.05, 3.63) is 88.4 Å². The molecular formula is C24H23ClN2O5. The molecule has 3 aromatic rings. The molecule has 0 aliphatic carbocycles. The van der Waals surface area contributed by atoms with Crippen LogP contribution in [0, 0.1) is 0 Å². The van der Waals surface area contributed by atoms with Crippen molar-refractivity contribution >= 4 is 29.2 Å². The molecule has 3 rings (SSSR count). The predicted octanol–water partition coefficient (Wildman–Crippen LogP) is 4.00. The van der Waals surface area contributed by atoms with Gasteiger partial charge in [-0.25, -0.2) is 4.79 Å². The van der Waals surface area contributed by atoms with E-state index < -0.39 is 24.5 Å². The molecule has 32 heavy (non-hydrogen) atoms. The maximum atomic E-state index is 12.6. The van der Waals surface area contributed by atoms with Gasteiger partial charge in [0.05, 0.1) is 36.5 Å². The van der Waals surface area contributed by atoms with Gasteiger partial charge in [-0.2, -0.15) is 0 Å². The van der Waals surface area contributed by atoms with Gasteiger partial charge < -0.3 is 25.3 Å². The number of nitrogens with two attached hydrogens (primary N) is 1. The predicted molar refractivity (Wildman–Crippen MR) is 122 cm³/mol. The Bertz CT molecular complexity index is 1040. The van der Waals surface area contributed by atoms with Gasteiger partial charge in [-0.3, -0.25) is 4.79 Å². The maximum Gasteiger partial charge on any atom is 0.338 e. The highest BCUT2D eigenvalue weighted by atomic mass is 35.5. The summed E-state index contributed by atoms with van der Waals surface area (Å²) in [6.45, 7) is -0.454. The molecule has 0 aromatic heterocycles. The van der Waals surface area contributed by atoms with E-state index in [1.54, 1.807) is 14.2 Å². The number of hydrogen-bond donors (Lipinski definition) is 2. The fourth-order valence-corrected chi connectivity index (χ4v) is 3.16. The van der Waals surface area contributed by atoms with E-state index in [0.29, 0.717) is 16.5 Å². The third-order valence-electron chi connectivity index (χ3n) is 4.77. The number of methoxy groups -OCH3 is 2. The molecule has 0 spiro atoms. The van der Waals surface area contributed by atoms with Crippen molar-refractivity contribution in [2.24, 2.45) is 0 Å². The number of ether oxygens (including phenoxy) is 3. The number of anilines is 1. The van der Waals surface area contributed by atoms with Crippen LogP contribution in [0.4, 0.5) is 5.69 Å². The molecule has 0 aliphatic rings. The van der Waals surface area contributed by atoms with Crippen molar-refractivity contribution in [2.75, 3.05) is 26.6 Å². The lowest BCUT2D eigenvalue weighted by atomic mass is 9.98. The second-order valence-corrected chi connectivity index (χ2v) is 7.27. The monoisotopic (exact) mass is 454 g/mol. The molecule has 8 heteroatoms. The topological polar surface area (TPSA) is 99.9 Å². The van der Waals surface area contributed by atoms with E-state index in [4.69, 9.17) is 31.5 Å². The minimum absolute atomic E-state index is 0.210. The van der Waals surface area contributed by atoms with Gasteiger partial charge in [-0.15, -0.1) is 0 Å². The Morgan fingerprint density at radius 3 is 1.91 bits per heavy atom. The van der Waals surface area contributed by atoms with Crippen LogP contribution in [0.25, 0.3) is 0 Å². The fourth-order valence-electron chi connectivity index (χ4n) is 3.04. The first-order valence-electron chi connectivity index (χ1n) is 9.70. The molecular weight excluding hydrogens is 432 g/mol. The van der Waals surface area contributed by atoms with Crippen LogP contribution in [0.3, 0.4) is 0 Å². The van der Waals surface area contributed by atoms with Gasteiger partial charge in [0.15, 0.2) is 6.61 Å². The number of benzene rings is 3. The Labute approximate surface area is 191 Å². The number of rotatable bonds is 8. The number of carbonyl (C=O) groups excluding carboxylic acids is 2. The number of esters is 1. The van der Waals surface area contributed by atoms with E-state index in [2.05, 4.69) is 5.32 Å². The minimum atomic E-state index is -0.672. The minimum Gasteiger partial charge on any atom is -0.497 e. The normalized spacial score (nSPS) is 10.5. The molecule has 0 saturated carbocycles. The molecule has 166 valence electrons. The Morgan fingerprint density at radius 2 is 1.44 bits per heavy atom. The third kappa shape index (κ3) is 5.70. The maximum absolute atomic E-state index is 12.6. The average molecular weight is 455 g/mol. The van der Waals surface area contributed by atoms with E-state index >= 15 is 0 Å². The number of hydrogen-bond acceptors (Lipinski definition) is 6. The smallest absolute Gasteiger partial charge is 0.338 e. The van der Waals surface area contributed by atoms with Gasteiger partial charge in [-0.05, 0) is 53.6 Å². The fraction of sp³-hybridized carbons (Fsp3) is 0.167. The zero-order chi connectivity index (χ0) is 23.1. The summed E-state index contributed by atoms with van der Waals surface area (Å²) >= 11 is 5.87. The van der Waals surface area contributed by atoms with Crippen molar-refractivity contribution in [1.82, 2.24) is 5.32 Å². The second-order valence-electron chi connectivity index (χ2n) is 6.86. The first-order chi connectivity index (χ1) is 15.4. The summed E-state index contributed by atoms with van der Waals surface area (Å²) in [4.78, 5) is 24.9. The van der Waals surface area contributed by atoms with Crippen molar-refractivity contribution in [2.45, 2.75) is 6.04 Å². The molecule has 3 N–H and O–H groups in total. The number of carbonyl (C=O) groups is 2. The summed E-state index contributed by atoms with van der Waals surface area (Å²) in [6, 6.07) is 18.6. The molecule has 0 saturated heterocycles. The molecule has 0 heterocycles. The summed E-state index contributed by atoms with van der Waals surface area (Å²) < 4.78 is 15.6. The molecule has 0 radical (unpaired) electrons. The zero-order valence-electron chi connectivity index (χ0n) is 17.6. The summed E-state index contributed by atoms with van der Waals surface area (Å²) in [7, 11) is 3.17. The van der Waals surface area contributed by atoms with Gasteiger partial charge in [-0.1, -0.05) is 35.9 Å². The Kier molecular flexibility index (Phi) is 7.57. The van der Waals surface area contributed by atoms with Crippen LogP contribution >= 0.6 is 11.6 Å². The number of halogens is 1. The second kappa shape index (κ2) is 10.5. The number of nitrogen functional groups attached to an aromatic ring is 1. The van der Waals surface area contributed by atoms with E-state index in [-0.39, 0.29) is 11.3 Å². The van der Waals surface area contributed by atoms with Crippen LogP contribution in [0.15, 0.2) is 66.7 Å². The molecule has 0 atom stereocenters. The van der Waals surface area contributed by atoms with Gasteiger partial charge in [0.25, 0.3) is 5.91 Å². The van der Waals surface area contributed by atoms with Gasteiger partial charge in [0.2, 0.25) is 0 Å². The van der Waals surface area contributed by atoms with Gasteiger partial charge in [0.1, 0.15) is 11.5 Å². The zero-order valence-corrected chi connectivity index (χ0v) is 18.4. The standard InChI is InChI=1S/C24H23ClN2O5/c1-30-18-8-3-15(4-9-18)23(16-5-10-19(31-2)11-6-16)27-22(28)14-32-24(29)17-7-12-20(25)21(26)13-17/h3-13,23H,14,26H2,1-2H3,(H,27,28). The van der Waals surface area contributed by atoms with E-state index in [9.17, 15) is 9.59 Å². The van der Waals surface area contributed by atoms with E-state index in [1.165, 1.54) is 18.2 Å². The van der Waals surface area contributed by atoms with Crippen molar-refractivity contribution in [3.8, 4) is 11.5 Å². The highest BCUT2D eigenvalue weighted by molar-refractivity contribution is 6.33. The molecule has 1 amide bonds. The van der Waals surface area contributed by atoms with E-state index in [1.807, 2.05) is 48.5 Å². The lowest BCUT2D eigenvalue weighted by Gasteiger charge is -2.20. The summed E-state index contributed by atoms with van der Waals surface area (Å²) in [5, 5.41) is 3.24. The van der Waals surface area contributed by atoms with Crippen LogP contribution < -0.4 is 20.5 Å². The lowest BCUT2D eigenvalue weighted by molar-refractivity contribution is -0.124. The largest absolute Gasteiger partial charge is 0.497 e. The first kappa shape index (κ1) is 23.0. The highest BCUT2D eigenvalue weighted by Crippen LogP contribution is 2.26. The summed E-state index contributed by atoms with van der Waals surface area (Å²) in [5.41, 5.74) is 7.85. The summed E-state index contributed by atoms with van der Waals surface area (Å²) in [5.74, 6) is 0.264. The summed E-state index contributed by atoms with van der Waals surface area (Å²) in [6.07, 6.45) is 0. The van der Waals surface area contributed by atoms with Crippen LogP contribution in [0.1, 0.15) is 27.5 Å². The van der Waals surface area contributed by atoms with Crippen LogP contribution in [0.5, 0.6) is 11.5 Å². The highest BCUT2D eigenvalue weighted by Gasteiger charge is 2.19. The Morgan fingerprint density at radius 1 is 0.906 bits per heavy atom. The first-order valence-corrected chi connectivity index (χ1v) is 10.1. The lowest BCUT2D eigenvalue weighted by Crippen LogP contribution is -2.33. The molecule has 7 nitrogen and oxygen atoms in total. The Hall–Kier alpha value is -3.71. The van der Waals surface area contributed by atoms with Crippen LogP contribution in [-0.4, -0.2) is 32.7 Å². The quantitative estimate of drug-likeness (QED) is 0.394. The molecule has 0 bridgehead atoms. The van der Waals surface area contributed by atoms with Gasteiger partial charge in [0, 0.05) is 0 Å². The van der Waals surface area contributed by atoms with Crippen molar-refractivity contribution in [3.63, 3.8) is 0 Å². The molecule has 3 aromatic carbocycles. The average Bonchev–Trinajstić information content (AvgIpc) is 2.83. The van der Waals surface area contributed by atoms with Crippen LogP contribution in [0.2, 0.25) is 5.02 Å². The SMILES string of the molecule is COc1ccc(C(NC(=O)COC(=O)c2ccc(Cl)c(N)c2)c2ccc(OC)cc2)cc1. The number of nitrogens with one attached hydrogen (secondary N) is 1. The van der Waals surface area contributed by atoms with Crippen LogP contribution in [-0.2, 0) is 9.53 Å². The molecule has 0 fully saturated rings.